The van der Waals surface area contributed by atoms with Crippen LogP contribution in [0.3, 0.4) is 0 Å². The molecular weight excluding hydrogens is 426 g/mol. The second kappa shape index (κ2) is 9.64. The molecule has 2 aromatic rings. The van der Waals surface area contributed by atoms with Gasteiger partial charge in [0.2, 0.25) is 0 Å². The van der Waals surface area contributed by atoms with Crippen molar-refractivity contribution in [3.8, 4) is 5.75 Å². The van der Waals surface area contributed by atoms with E-state index in [4.69, 9.17) is 21.1 Å². The number of likely N-dealkylation sites (tertiary alicyclic amines) is 1. The Kier molecular flexibility index (Phi) is 7.18. The lowest BCUT2D eigenvalue weighted by atomic mass is 9.99. The van der Waals surface area contributed by atoms with Gasteiger partial charge in [-0.25, -0.2) is 0 Å². The molecule has 2 heterocycles. The zero-order valence-electron chi connectivity index (χ0n) is 17.1. The van der Waals surface area contributed by atoms with Crippen molar-refractivity contribution in [2.75, 3.05) is 20.3 Å². The van der Waals surface area contributed by atoms with Gasteiger partial charge in [0.05, 0.1) is 30.4 Å². The molecule has 1 unspecified atom stereocenters. The fourth-order valence-corrected chi connectivity index (χ4v) is 4.44. The molecule has 3 rings (SSSR count). The molecule has 0 spiro atoms. The minimum absolute atomic E-state index is 0.0350. The quantitative estimate of drug-likeness (QED) is 0.275. The van der Waals surface area contributed by atoms with E-state index in [1.54, 1.807) is 12.1 Å². The molecular formula is C22H24ClNO5S. The zero-order chi connectivity index (χ0) is 21.8. The summed E-state index contributed by atoms with van der Waals surface area (Å²) in [5.41, 5.74) is 0.306. The van der Waals surface area contributed by atoms with E-state index in [1.807, 2.05) is 31.4 Å². The molecule has 1 saturated heterocycles. The number of ketones is 1. The van der Waals surface area contributed by atoms with Gasteiger partial charge in [-0.05, 0) is 49.9 Å². The molecule has 0 radical (unpaired) electrons. The summed E-state index contributed by atoms with van der Waals surface area (Å²) >= 11 is 7.52. The van der Waals surface area contributed by atoms with E-state index in [1.165, 1.54) is 29.4 Å². The van der Waals surface area contributed by atoms with Gasteiger partial charge in [0.15, 0.2) is 0 Å². The molecule has 1 aliphatic rings. The van der Waals surface area contributed by atoms with Gasteiger partial charge in [0.1, 0.15) is 11.5 Å². The van der Waals surface area contributed by atoms with E-state index in [-0.39, 0.29) is 23.0 Å². The monoisotopic (exact) mass is 449 g/mol. The van der Waals surface area contributed by atoms with Crippen molar-refractivity contribution in [3.63, 3.8) is 0 Å². The number of ether oxygens (including phenoxy) is 2. The number of halogens is 1. The summed E-state index contributed by atoms with van der Waals surface area (Å²) < 4.78 is 10.9. The molecule has 8 heteroatoms. The Hall–Kier alpha value is -2.35. The first kappa shape index (κ1) is 22.3. The first-order valence-electron chi connectivity index (χ1n) is 9.62. The van der Waals surface area contributed by atoms with Crippen molar-refractivity contribution >= 4 is 40.4 Å². The number of hydrogen-bond acceptors (Lipinski definition) is 6. The number of aliphatic hydroxyl groups excluding tert-OH is 1. The Labute approximate surface area is 184 Å². The summed E-state index contributed by atoms with van der Waals surface area (Å²) in [6.45, 7) is 4.69. The van der Waals surface area contributed by atoms with E-state index >= 15 is 0 Å². The van der Waals surface area contributed by atoms with Crippen LogP contribution < -0.4 is 4.74 Å². The number of carbonyl (C=O) groups excluding carboxylic acids is 2. The third kappa shape index (κ3) is 4.53. The highest BCUT2D eigenvalue weighted by molar-refractivity contribution is 7.10. The van der Waals surface area contributed by atoms with Gasteiger partial charge in [0, 0.05) is 23.1 Å². The molecule has 1 N–H and O–H groups in total. The number of hydrogen-bond donors (Lipinski definition) is 1. The molecule has 1 aromatic heterocycles. The van der Waals surface area contributed by atoms with Crippen LogP contribution in [0.2, 0.25) is 5.02 Å². The molecule has 1 aliphatic heterocycles. The normalized spacial score (nSPS) is 18.4. The average molecular weight is 450 g/mol. The van der Waals surface area contributed by atoms with Gasteiger partial charge in [-0.3, -0.25) is 9.59 Å². The summed E-state index contributed by atoms with van der Waals surface area (Å²) in [5.74, 6) is -1.30. The average Bonchev–Trinajstić information content (AvgIpc) is 3.32. The van der Waals surface area contributed by atoms with Crippen LogP contribution in [0, 0.1) is 0 Å². The van der Waals surface area contributed by atoms with E-state index < -0.39 is 17.7 Å². The maximum Gasteiger partial charge on any atom is 0.295 e. The SMILES string of the molecule is COc1ccc(Cl)cc1/C(O)=C1/C(=O)C(=O)N(CCCOC(C)C)C1c1cccs1. The number of aliphatic hydroxyl groups is 1. The number of rotatable bonds is 8. The fraction of sp³-hybridized carbons (Fsp3) is 0.364. The first-order valence-corrected chi connectivity index (χ1v) is 10.9. The fourth-order valence-electron chi connectivity index (χ4n) is 3.42. The first-order chi connectivity index (χ1) is 14.3. The van der Waals surface area contributed by atoms with Crippen molar-refractivity contribution in [1.82, 2.24) is 4.90 Å². The topological polar surface area (TPSA) is 76.1 Å². The number of thiophene rings is 1. The molecule has 1 amide bonds. The number of nitrogens with zero attached hydrogens (tertiary/aromatic N) is 1. The minimum Gasteiger partial charge on any atom is -0.507 e. The summed E-state index contributed by atoms with van der Waals surface area (Å²) in [5, 5.41) is 13.3. The van der Waals surface area contributed by atoms with Crippen molar-refractivity contribution in [1.29, 1.82) is 0 Å². The van der Waals surface area contributed by atoms with Crippen molar-refractivity contribution in [3.05, 3.63) is 56.7 Å². The molecule has 1 atom stereocenters. The van der Waals surface area contributed by atoms with Gasteiger partial charge >= 0.3 is 0 Å². The second-order valence-electron chi connectivity index (χ2n) is 7.13. The van der Waals surface area contributed by atoms with Crippen LogP contribution in [0.15, 0.2) is 41.3 Å². The summed E-state index contributed by atoms with van der Waals surface area (Å²) in [7, 11) is 1.46. The molecule has 6 nitrogen and oxygen atoms in total. The van der Waals surface area contributed by atoms with Gasteiger partial charge in [0.25, 0.3) is 11.7 Å². The third-order valence-electron chi connectivity index (χ3n) is 4.76. The van der Waals surface area contributed by atoms with Crippen LogP contribution in [0.5, 0.6) is 5.75 Å². The van der Waals surface area contributed by atoms with Crippen molar-refractivity contribution in [2.24, 2.45) is 0 Å². The predicted molar refractivity (Wildman–Crippen MR) is 117 cm³/mol. The van der Waals surface area contributed by atoms with Crippen LogP contribution in [-0.4, -0.2) is 48.1 Å². The molecule has 1 aromatic carbocycles. The molecule has 0 bridgehead atoms. The number of Topliss-reactive ketones (excluding diaryl/α,β-unsaturated/α-hetero) is 1. The predicted octanol–water partition coefficient (Wildman–Crippen LogP) is 4.65. The standard InChI is InChI=1S/C22H24ClNO5S/c1-13(2)29-10-5-9-24-19(17-6-4-11-30-17)18(21(26)22(24)27)20(25)15-12-14(23)7-8-16(15)28-3/h4,6-8,11-13,19,25H,5,9-10H2,1-3H3/b20-18-. The lowest BCUT2D eigenvalue weighted by molar-refractivity contribution is -0.140. The van der Waals surface area contributed by atoms with Crippen LogP contribution in [0.4, 0.5) is 0 Å². The molecule has 30 heavy (non-hydrogen) atoms. The van der Waals surface area contributed by atoms with Gasteiger partial charge in [-0.1, -0.05) is 17.7 Å². The minimum atomic E-state index is -0.724. The van der Waals surface area contributed by atoms with Crippen LogP contribution in [0.25, 0.3) is 5.76 Å². The third-order valence-corrected chi connectivity index (χ3v) is 5.92. The Balaban J connectivity index is 2.04. The highest BCUT2D eigenvalue weighted by atomic mass is 35.5. The van der Waals surface area contributed by atoms with E-state index in [0.29, 0.717) is 30.3 Å². The Bertz CT molecular complexity index is 954. The van der Waals surface area contributed by atoms with Crippen molar-refractivity contribution < 1.29 is 24.2 Å². The number of carbonyl (C=O) groups is 2. The van der Waals surface area contributed by atoms with Crippen LogP contribution in [0.1, 0.15) is 36.8 Å². The van der Waals surface area contributed by atoms with Gasteiger partial charge in [-0.2, -0.15) is 0 Å². The maximum atomic E-state index is 13.0. The summed E-state index contributed by atoms with van der Waals surface area (Å²) in [6.07, 6.45) is 0.664. The molecule has 0 saturated carbocycles. The zero-order valence-corrected chi connectivity index (χ0v) is 18.6. The highest BCUT2D eigenvalue weighted by Crippen LogP contribution is 2.42. The molecule has 0 aliphatic carbocycles. The van der Waals surface area contributed by atoms with Crippen molar-refractivity contribution in [2.45, 2.75) is 32.4 Å². The van der Waals surface area contributed by atoms with Crippen LogP contribution >= 0.6 is 22.9 Å². The summed E-state index contributed by atoms with van der Waals surface area (Å²) in [4.78, 5) is 28.1. The Morgan fingerprint density at radius 2 is 2.07 bits per heavy atom. The molecule has 1 fully saturated rings. The highest BCUT2D eigenvalue weighted by Gasteiger charge is 2.46. The largest absolute Gasteiger partial charge is 0.507 e. The lowest BCUT2D eigenvalue weighted by Gasteiger charge is -2.24. The van der Waals surface area contributed by atoms with E-state index in [0.717, 1.165) is 4.88 Å². The maximum absolute atomic E-state index is 13.0. The Morgan fingerprint density at radius 1 is 1.30 bits per heavy atom. The summed E-state index contributed by atoms with van der Waals surface area (Å²) in [6, 6.07) is 7.78. The van der Waals surface area contributed by atoms with E-state index in [2.05, 4.69) is 0 Å². The number of amides is 1. The number of methoxy groups -OCH3 is 1. The second-order valence-corrected chi connectivity index (χ2v) is 8.54. The van der Waals surface area contributed by atoms with Gasteiger partial charge < -0.3 is 19.5 Å². The lowest BCUT2D eigenvalue weighted by Crippen LogP contribution is -2.31. The van der Waals surface area contributed by atoms with Crippen LogP contribution in [-0.2, 0) is 14.3 Å². The molecule has 160 valence electrons. The van der Waals surface area contributed by atoms with E-state index in [9.17, 15) is 14.7 Å². The number of benzene rings is 1. The van der Waals surface area contributed by atoms with Gasteiger partial charge in [-0.15, -0.1) is 11.3 Å². The Morgan fingerprint density at radius 3 is 2.70 bits per heavy atom. The smallest absolute Gasteiger partial charge is 0.295 e.